The molecule has 3 aromatic rings. The van der Waals surface area contributed by atoms with Crippen molar-refractivity contribution in [1.29, 1.82) is 0 Å². The first-order valence-electron chi connectivity index (χ1n) is 12.8. The number of alkyl halides is 3. The molecule has 0 saturated heterocycles. The van der Waals surface area contributed by atoms with Crippen molar-refractivity contribution in [3.8, 4) is 17.0 Å². The van der Waals surface area contributed by atoms with E-state index in [-0.39, 0.29) is 46.3 Å². The van der Waals surface area contributed by atoms with E-state index in [4.69, 9.17) is 16.2 Å². The number of pyridine rings is 1. The van der Waals surface area contributed by atoms with Gasteiger partial charge in [-0.1, -0.05) is 12.1 Å². The Bertz CT molecular complexity index is 1760. The summed E-state index contributed by atoms with van der Waals surface area (Å²) < 4.78 is 97.4. The van der Waals surface area contributed by atoms with E-state index in [1.807, 2.05) is 0 Å². The molecule has 1 fully saturated rings. The molecule has 5 rings (SSSR count). The Morgan fingerprint density at radius 3 is 2.26 bits per heavy atom. The lowest BCUT2D eigenvalue weighted by Crippen LogP contribution is -2.67. The zero-order valence-corrected chi connectivity index (χ0v) is 24.6. The number of rotatable bonds is 7. The van der Waals surface area contributed by atoms with Crippen molar-refractivity contribution in [3.63, 3.8) is 0 Å². The smallest absolute Gasteiger partial charge is 0.406 e. The van der Waals surface area contributed by atoms with Crippen LogP contribution in [-0.2, 0) is 26.2 Å². The Labute approximate surface area is 241 Å². The van der Waals surface area contributed by atoms with E-state index in [1.165, 1.54) is 36.3 Å². The summed E-state index contributed by atoms with van der Waals surface area (Å²) in [6.45, 7) is -0.0313. The summed E-state index contributed by atoms with van der Waals surface area (Å²) in [6, 6.07) is 13.7. The van der Waals surface area contributed by atoms with E-state index in [1.54, 1.807) is 30.3 Å². The maximum absolute atomic E-state index is 14.4. The quantitative estimate of drug-likeness (QED) is 0.401. The topological polar surface area (TPSA) is 149 Å². The van der Waals surface area contributed by atoms with Gasteiger partial charge in [0.25, 0.3) is 0 Å². The lowest BCUT2D eigenvalue weighted by molar-refractivity contribution is -0.211. The second kappa shape index (κ2) is 10.2. The molecule has 0 bridgehead atoms. The van der Waals surface area contributed by atoms with Gasteiger partial charge >= 0.3 is 6.18 Å². The molecular weight excluding hydrogens is 595 g/mol. The van der Waals surface area contributed by atoms with Gasteiger partial charge in [0, 0.05) is 24.6 Å². The Morgan fingerprint density at radius 1 is 1.00 bits per heavy atom. The number of nitrogens with zero attached hydrogens (tertiary/aromatic N) is 3. The standard InChI is InChI=1S/C27H30F3N5O5S2/c1-40-21-10-7-17(14-22(21)42(3,38)39)19-8-9-20-23(33-19)24(31)35(26(11-12-26)27(28,29)30)25(32)34(20)15-16-5-4-6-18(13-16)41(2,36)37/h4-10,13-14,24-25H,11-12,15,31-32H2,1-3H3. The molecular formula is C27H30F3N5O5S2. The molecule has 42 heavy (non-hydrogen) atoms. The summed E-state index contributed by atoms with van der Waals surface area (Å²) in [5, 5.41) is 0. The van der Waals surface area contributed by atoms with Gasteiger partial charge in [0.1, 0.15) is 28.6 Å². The van der Waals surface area contributed by atoms with Crippen LogP contribution in [0.5, 0.6) is 5.75 Å². The summed E-state index contributed by atoms with van der Waals surface area (Å²) in [5.41, 5.74) is 12.4. The SMILES string of the molecule is COc1ccc(-c2ccc3c(n2)C(N)N(C2(C(F)(F)F)CC2)C(N)N3Cc2cccc(S(C)(=O)=O)c2)cc1S(C)(=O)=O. The molecule has 10 nitrogen and oxygen atoms in total. The normalized spacial score (nSPS) is 20.7. The number of sulfone groups is 2. The molecule has 2 atom stereocenters. The zero-order chi connectivity index (χ0) is 30.8. The molecule has 15 heteroatoms. The molecule has 2 aromatic carbocycles. The lowest BCUT2D eigenvalue weighted by Gasteiger charge is -2.50. The Morgan fingerprint density at radius 2 is 1.69 bits per heavy atom. The van der Waals surface area contributed by atoms with Crippen LogP contribution in [0.4, 0.5) is 18.9 Å². The summed E-state index contributed by atoms with van der Waals surface area (Å²) in [4.78, 5) is 7.15. The van der Waals surface area contributed by atoms with Crippen LogP contribution in [0.1, 0.15) is 30.3 Å². The molecule has 0 amide bonds. The zero-order valence-electron chi connectivity index (χ0n) is 23.0. The number of ether oxygens (including phenoxy) is 1. The maximum Gasteiger partial charge on any atom is 0.406 e. The van der Waals surface area contributed by atoms with Gasteiger partial charge in [-0.2, -0.15) is 13.2 Å². The fourth-order valence-electron chi connectivity index (χ4n) is 5.38. The predicted molar refractivity (Wildman–Crippen MR) is 150 cm³/mol. The van der Waals surface area contributed by atoms with Crippen LogP contribution in [0.15, 0.2) is 64.4 Å². The van der Waals surface area contributed by atoms with Gasteiger partial charge in [0.05, 0.1) is 29.1 Å². The number of fused-ring (bicyclic) bond motifs is 1. The molecule has 0 radical (unpaired) electrons. The molecule has 4 N–H and O–H groups in total. The third-order valence-electron chi connectivity index (χ3n) is 7.68. The summed E-state index contributed by atoms with van der Waals surface area (Å²) >= 11 is 0. The van der Waals surface area contributed by atoms with Crippen molar-refractivity contribution in [2.45, 2.75) is 53.3 Å². The van der Waals surface area contributed by atoms with Gasteiger partial charge < -0.3 is 15.4 Å². The fraction of sp³-hybridized carbons (Fsp3) is 0.370. The van der Waals surface area contributed by atoms with E-state index in [0.29, 0.717) is 16.8 Å². The Balaban J connectivity index is 1.65. The number of hydrogen-bond donors (Lipinski definition) is 2. The average Bonchev–Trinajstić information content (AvgIpc) is 3.72. The minimum Gasteiger partial charge on any atom is -0.495 e. The highest BCUT2D eigenvalue weighted by Gasteiger charge is 2.70. The number of nitrogens with two attached hydrogens (primary N) is 2. The summed E-state index contributed by atoms with van der Waals surface area (Å²) in [6.07, 6.45) is -5.57. The van der Waals surface area contributed by atoms with Gasteiger partial charge in [-0.15, -0.1) is 0 Å². The van der Waals surface area contributed by atoms with Crippen molar-refractivity contribution in [3.05, 3.63) is 65.9 Å². The number of halogens is 3. The monoisotopic (exact) mass is 625 g/mol. The van der Waals surface area contributed by atoms with Crippen LogP contribution in [0, 0.1) is 0 Å². The van der Waals surface area contributed by atoms with Crippen molar-refractivity contribution in [1.82, 2.24) is 9.88 Å². The largest absolute Gasteiger partial charge is 0.495 e. The van der Waals surface area contributed by atoms with Crippen LogP contribution in [0.3, 0.4) is 0 Å². The predicted octanol–water partition coefficient (Wildman–Crippen LogP) is 3.18. The number of aromatic nitrogens is 1. The highest BCUT2D eigenvalue weighted by atomic mass is 32.2. The van der Waals surface area contributed by atoms with Crippen LogP contribution in [0.25, 0.3) is 11.3 Å². The van der Waals surface area contributed by atoms with Crippen LogP contribution in [0.2, 0.25) is 0 Å². The molecule has 226 valence electrons. The first-order chi connectivity index (χ1) is 19.5. The van der Waals surface area contributed by atoms with Gasteiger partial charge in [-0.25, -0.2) is 26.7 Å². The summed E-state index contributed by atoms with van der Waals surface area (Å²) in [7, 11) is -5.88. The Kier molecular flexibility index (Phi) is 7.33. The van der Waals surface area contributed by atoms with E-state index in [2.05, 4.69) is 4.98 Å². The second-order valence-electron chi connectivity index (χ2n) is 10.6. The third-order valence-corrected chi connectivity index (χ3v) is 9.91. The number of benzene rings is 2. The van der Waals surface area contributed by atoms with Gasteiger partial charge in [0.2, 0.25) is 0 Å². The van der Waals surface area contributed by atoms with Crippen molar-refractivity contribution in [2.24, 2.45) is 11.5 Å². The van der Waals surface area contributed by atoms with Crippen molar-refractivity contribution in [2.75, 3.05) is 24.5 Å². The van der Waals surface area contributed by atoms with E-state index in [0.717, 1.165) is 17.4 Å². The number of methoxy groups -OCH3 is 1. The molecule has 0 spiro atoms. The molecule has 2 unspecified atom stereocenters. The minimum atomic E-state index is -4.63. The van der Waals surface area contributed by atoms with Crippen LogP contribution in [-0.4, -0.2) is 64.3 Å². The molecule has 1 aliphatic carbocycles. The van der Waals surface area contributed by atoms with Crippen LogP contribution < -0.4 is 21.1 Å². The number of anilines is 1. The fourth-order valence-corrected chi connectivity index (χ4v) is 6.93. The third kappa shape index (κ3) is 5.24. The van der Waals surface area contributed by atoms with Gasteiger partial charge in [-0.3, -0.25) is 5.73 Å². The molecule has 1 saturated carbocycles. The minimum absolute atomic E-state index is 0.0313. The first-order valence-corrected chi connectivity index (χ1v) is 16.6. The first kappa shape index (κ1) is 30.2. The molecule has 1 aliphatic heterocycles. The molecule has 1 aromatic heterocycles. The molecule has 2 aliphatic rings. The number of hydrogen-bond acceptors (Lipinski definition) is 10. The highest BCUT2D eigenvalue weighted by molar-refractivity contribution is 7.91. The Hall–Kier alpha value is -3.24. The van der Waals surface area contributed by atoms with E-state index < -0.39 is 43.8 Å². The van der Waals surface area contributed by atoms with Crippen LogP contribution >= 0.6 is 0 Å². The van der Waals surface area contributed by atoms with Gasteiger partial charge in [0.15, 0.2) is 19.7 Å². The maximum atomic E-state index is 14.4. The second-order valence-corrected chi connectivity index (χ2v) is 14.6. The van der Waals surface area contributed by atoms with Crippen molar-refractivity contribution >= 4 is 25.4 Å². The van der Waals surface area contributed by atoms with E-state index >= 15 is 0 Å². The summed E-state index contributed by atoms with van der Waals surface area (Å²) in [5.74, 6) is 0.136. The van der Waals surface area contributed by atoms with Gasteiger partial charge in [-0.05, 0) is 60.9 Å². The van der Waals surface area contributed by atoms with E-state index in [9.17, 15) is 30.0 Å². The average molecular weight is 626 g/mol. The molecule has 2 heterocycles. The highest BCUT2D eigenvalue weighted by Crippen LogP contribution is 2.57. The van der Waals surface area contributed by atoms with Crippen molar-refractivity contribution < 1.29 is 34.7 Å². The lowest BCUT2D eigenvalue weighted by atomic mass is 10.0.